The Morgan fingerprint density at radius 3 is 2.59 bits per heavy atom. The van der Waals surface area contributed by atoms with E-state index in [-0.39, 0.29) is 5.91 Å². The lowest BCUT2D eigenvalue weighted by atomic mass is 10.1. The van der Waals surface area contributed by atoms with Crippen LogP contribution in [0.5, 0.6) is 11.5 Å². The summed E-state index contributed by atoms with van der Waals surface area (Å²) >= 11 is 0. The molecule has 0 saturated carbocycles. The van der Waals surface area contributed by atoms with Crippen LogP contribution in [0.4, 0.5) is 5.69 Å². The molecule has 0 spiro atoms. The van der Waals surface area contributed by atoms with Gasteiger partial charge in [-0.05, 0) is 50.1 Å². The lowest BCUT2D eigenvalue weighted by Gasteiger charge is -2.17. The Balaban J connectivity index is 2.04. The third-order valence-corrected chi connectivity index (χ3v) is 3.57. The summed E-state index contributed by atoms with van der Waals surface area (Å²) in [4.78, 5) is 12.2. The molecular formula is C18H21NO3. The van der Waals surface area contributed by atoms with Crippen LogP contribution >= 0.6 is 0 Å². The van der Waals surface area contributed by atoms with E-state index in [1.165, 1.54) is 0 Å². The molecule has 0 aromatic heterocycles. The fourth-order valence-electron chi connectivity index (χ4n) is 2.04. The van der Waals surface area contributed by atoms with Crippen molar-refractivity contribution >= 4 is 11.6 Å². The van der Waals surface area contributed by atoms with Gasteiger partial charge in [0.2, 0.25) is 0 Å². The minimum atomic E-state index is -0.591. The highest BCUT2D eigenvalue weighted by atomic mass is 16.5. The highest BCUT2D eigenvalue weighted by Gasteiger charge is 2.16. The van der Waals surface area contributed by atoms with Crippen LogP contribution in [-0.2, 0) is 4.79 Å². The largest absolute Gasteiger partial charge is 0.497 e. The van der Waals surface area contributed by atoms with E-state index in [9.17, 15) is 4.79 Å². The molecule has 1 amide bonds. The molecule has 0 radical (unpaired) electrons. The number of rotatable bonds is 5. The van der Waals surface area contributed by atoms with Gasteiger partial charge in [0.15, 0.2) is 6.10 Å². The maximum atomic E-state index is 12.2. The summed E-state index contributed by atoms with van der Waals surface area (Å²) in [5, 5.41) is 2.83. The normalized spacial score (nSPS) is 11.6. The predicted molar refractivity (Wildman–Crippen MR) is 87.6 cm³/mol. The number of methoxy groups -OCH3 is 1. The molecule has 4 nitrogen and oxygen atoms in total. The first kappa shape index (κ1) is 15.9. The lowest BCUT2D eigenvalue weighted by Crippen LogP contribution is -2.30. The Kier molecular flexibility index (Phi) is 5.04. The van der Waals surface area contributed by atoms with Crippen molar-refractivity contribution < 1.29 is 14.3 Å². The Hall–Kier alpha value is -2.49. The van der Waals surface area contributed by atoms with Crippen LogP contribution in [0.3, 0.4) is 0 Å². The van der Waals surface area contributed by atoms with Crippen molar-refractivity contribution in [3.63, 3.8) is 0 Å². The van der Waals surface area contributed by atoms with Gasteiger partial charge < -0.3 is 14.8 Å². The SMILES string of the molecule is COc1cccc(NC(=O)C(C)Oc2cccc(C)c2C)c1. The van der Waals surface area contributed by atoms with Crippen molar-refractivity contribution in [3.05, 3.63) is 53.6 Å². The van der Waals surface area contributed by atoms with Gasteiger partial charge in [-0.1, -0.05) is 18.2 Å². The highest BCUT2D eigenvalue weighted by Crippen LogP contribution is 2.22. The molecular weight excluding hydrogens is 278 g/mol. The Morgan fingerprint density at radius 1 is 1.14 bits per heavy atom. The van der Waals surface area contributed by atoms with E-state index in [0.717, 1.165) is 16.9 Å². The molecule has 0 aliphatic heterocycles. The zero-order valence-corrected chi connectivity index (χ0v) is 13.3. The Labute approximate surface area is 131 Å². The number of anilines is 1. The zero-order chi connectivity index (χ0) is 16.1. The van der Waals surface area contributed by atoms with Gasteiger partial charge in [-0.2, -0.15) is 0 Å². The van der Waals surface area contributed by atoms with E-state index in [1.54, 1.807) is 20.1 Å². The van der Waals surface area contributed by atoms with E-state index >= 15 is 0 Å². The minimum absolute atomic E-state index is 0.200. The topological polar surface area (TPSA) is 47.6 Å². The summed E-state index contributed by atoms with van der Waals surface area (Å²) in [6, 6.07) is 13.0. The van der Waals surface area contributed by atoms with Gasteiger partial charge in [0, 0.05) is 11.8 Å². The van der Waals surface area contributed by atoms with Gasteiger partial charge in [-0.15, -0.1) is 0 Å². The molecule has 116 valence electrons. The van der Waals surface area contributed by atoms with Crippen molar-refractivity contribution in [3.8, 4) is 11.5 Å². The molecule has 1 atom stereocenters. The molecule has 2 rings (SSSR count). The maximum Gasteiger partial charge on any atom is 0.265 e. The van der Waals surface area contributed by atoms with Crippen LogP contribution < -0.4 is 14.8 Å². The second kappa shape index (κ2) is 6.98. The number of hydrogen-bond acceptors (Lipinski definition) is 3. The fraction of sp³-hybridized carbons (Fsp3) is 0.278. The molecule has 0 heterocycles. The van der Waals surface area contributed by atoms with Gasteiger partial charge in [-0.25, -0.2) is 0 Å². The smallest absolute Gasteiger partial charge is 0.265 e. The van der Waals surface area contributed by atoms with Crippen LogP contribution in [-0.4, -0.2) is 19.1 Å². The van der Waals surface area contributed by atoms with Crippen molar-refractivity contribution in [1.29, 1.82) is 0 Å². The number of aryl methyl sites for hydroxylation is 1. The third-order valence-electron chi connectivity index (χ3n) is 3.57. The van der Waals surface area contributed by atoms with E-state index in [0.29, 0.717) is 11.4 Å². The molecule has 1 unspecified atom stereocenters. The molecule has 0 aliphatic carbocycles. The number of benzene rings is 2. The number of ether oxygens (including phenoxy) is 2. The quantitative estimate of drug-likeness (QED) is 0.915. The van der Waals surface area contributed by atoms with Crippen LogP contribution in [0.15, 0.2) is 42.5 Å². The molecule has 4 heteroatoms. The van der Waals surface area contributed by atoms with Crippen molar-refractivity contribution in [2.45, 2.75) is 26.9 Å². The molecule has 0 fully saturated rings. The van der Waals surface area contributed by atoms with Crippen molar-refractivity contribution in [2.24, 2.45) is 0 Å². The molecule has 22 heavy (non-hydrogen) atoms. The summed E-state index contributed by atoms with van der Waals surface area (Å²) in [6.07, 6.45) is -0.591. The summed E-state index contributed by atoms with van der Waals surface area (Å²) < 4.78 is 10.9. The van der Waals surface area contributed by atoms with E-state index in [2.05, 4.69) is 5.32 Å². The third kappa shape index (κ3) is 3.79. The second-order valence-electron chi connectivity index (χ2n) is 5.18. The Morgan fingerprint density at radius 2 is 1.86 bits per heavy atom. The Bertz CT molecular complexity index is 667. The van der Waals surface area contributed by atoms with Crippen LogP contribution in [0.25, 0.3) is 0 Å². The van der Waals surface area contributed by atoms with Gasteiger partial charge >= 0.3 is 0 Å². The molecule has 0 saturated heterocycles. The van der Waals surface area contributed by atoms with Gasteiger partial charge in [-0.3, -0.25) is 4.79 Å². The number of carbonyl (C=O) groups is 1. The first-order chi connectivity index (χ1) is 10.5. The van der Waals surface area contributed by atoms with Gasteiger partial charge in [0.05, 0.1) is 7.11 Å². The molecule has 0 aliphatic rings. The fourth-order valence-corrected chi connectivity index (χ4v) is 2.04. The monoisotopic (exact) mass is 299 g/mol. The molecule has 0 bridgehead atoms. The summed E-state index contributed by atoms with van der Waals surface area (Å²) in [5.41, 5.74) is 2.86. The number of nitrogens with one attached hydrogen (secondary N) is 1. The predicted octanol–water partition coefficient (Wildman–Crippen LogP) is 3.72. The van der Waals surface area contributed by atoms with Crippen LogP contribution in [0.2, 0.25) is 0 Å². The summed E-state index contributed by atoms with van der Waals surface area (Å²) in [5.74, 6) is 1.23. The van der Waals surface area contributed by atoms with Crippen LogP contribution in [0, 0.1) is 13.8 Å². The minimum Gasteiger partial charge on any atom is -0.497 e. The van der Waals surface area contributed by atoms with Crippen molar-refractivity contribution in [2.75, 3.05) is 12.4 Å². The number of amides is 1. The lowest BCUT2D eigenvalue weighted by molar-refractivity contribution is -0.122. The summed E-state index contributed by atoms with van der Waals surface area (Å²) in [7, 11) is 1.59. The first-order valence-electron chi connectivity index (χ1n) is 7.19. The van der Waals surface area contributed by atoms with Gasteiger partial charge in [0.25, 0.3) is 5.91 Å². The van der Waals surface area contributed by atoms with E-state index < -0.39 is 6.10 Å². The molecule has 1 N–H and O–H groups in total. The molecule has 2 aromatic rings. The standard InChI is InChI=1S/C18H21NO3/c1-12-7-5-10-17(13(12)2)22-14(3)18(20)19-15-8-6-9-16(11-15)21-4/h5-11,14H,1-4H3,(H,19,20). The first-order valence-corrected chi connectivity index (χ1v) is 7.19. The second-order valence-corrected chi connectivity index (χ2v) is 5.18. The van der Waals surface area contributed by atoms with Gasteiger partial charge in [0.1, 0.15) is 11.5 Å². The maximum absolute atomic E-state index is 12.2. The van der Waals surface area contributed by atoms with Crippen molar-refractivity contribution in [1.82, 2.24) is 0 Å². The summed E-state index contributed by atoms with van der Waals surface area (Å²) in [6.45, 7) is 5.73. The number of hydrogen-bond donors (Lipinski definition) is 1. The zero-order valence-electron chi connectivity index (χ0n) is 13.3. The highest BCUT2D eigenvalue weighted by molar-refractivity contribution is 5.94. The molecule has 2 aromatic carbocycles. The average molecular weight is 299 g/mol. The van der Waals surface area contributed by atoms with E-state index in [1.807, 2.05) is 50.2 Å². The average Bonchev–Trinajstić information content (AvgIpc) is 2.52. The number of carbonyl (C=O) groups excluding carboxylic acids is 1. The van der Waals surface area contributed by atoms with E-state index in [4.69, 9.17) is 9.47 Å². The van der Waals surface area contributed by atoms with Crippen LogP contribution in [0.1, 0.15) is 18.1 Å².